The van der Waals surface area contributed by atoms with Crippen LogP contribution in [-0.2, 0) is 9.59 Å². The van der Waals surface area contributed by atoms with Gasteiger partial charge in [0.2, 0.25) is 11.8 Å². The van der Waals surface area contributed by atoms with Gasteiger partial charge in [0.15, 0.2) is 0 Å². The standard InChI is InChI=1S/C17H22Cl2N2O2/c1-12(22)21(14-6-4-2-3-5-7-14)11-17(23)20-16-9-8-13(18)10-15(16)19/h8-10,14H,2-7,11H2,1H3,(H,20,23). The van der Waals surface area contributed by atoms with E-state index < -0.39 is 0 Å². The molecule has 0 unspecified atom stereocenters. The second-order valence-corrected chi connectivity index (χ2v) is 6.81. The molecule has 1 fully saturated rings. The molecule has 1 aliphatic carbocycles. The number of rotatable bonds is 4. The fraction of sp³-hybridized carbons (Fsp3) is 0.529. The maximum atomic E-state index is 12.3. The highest BCUT2D eigenvalue weighted by molar-refractivity contribution is 6.36. The molecule has 1 saturated carbocycles. The van der Waals surface area contributed by atoms with E-state index in [1.165, 1.54) is 19.8 Å². The first-order valence-electron chi connectivity index (χ1n) is 7.99. The summed E-state index contributed by atoms with van der Waals surface area (Å²) in [6.07, 6.45) is 6.56. The van der Waals surface area contributed by atoms with Crippen LogP contribution in [0, 0.1) is 0 Å². The molecule has 1 aromatic rings. The molecular weight excluding hydrogens is 335 g/mol. The van der Waals surface area contributed by atoms with E-state index in [0.29, 0.717) is 15.7 Å². The monoisotopic (exact) mass is 356 g/mol. The van der Waals surface area contributed by atoms with Gasteiger partial charge in [0.25, 0.3) is 0 Å². The molecule has 0 heterocycles. The van der Waals surface area contributed by atoms with Gasteiger partial charge in [-0.2, -0.15) is 0 Å². The number of nitrogens with one attached hydrogen (secondary N) is 1. The summed E-state index contributed by atoms with van der Waals surface area (Å²) in [5.74, 6) is -0.303. The summed E-state index contributed by atoms with van der Waals surface area (Å²) in [7, 11) is 0. The quantitative estimate of drug-likeness (QED) is 0.807. The van der Waals surface area contributed by atoms with Crippen LogP contribution < -0.4 is 5.32 Å². The molecule has 0 atom stereocenters. The van der Waals surface area contributed by atoms with Crippen molar-refractivity contribution in [3.8, 4) is 0 Å². The first kappa shape index (κ1) is 18.1. The summed E-state index contributed by atoms with van der Waals surface area (Å²) in [4.78, 5) is 25.9. The van der Waals surface area contributed by atoms with Gasteiger partial charge in [0.1, 0.15) is 6.54 Å². The molecule has 0 aliphatic heterocycles. The molecular formula is C17H22Cl2N2O2. The normalized spacial score (nSPS) is 15.8. The summed E-state index contributed by atoms with van der Waals surface area (Å²) in [5.41, 5.74) is 0.505. The van der Waals surface area contributed by atoms with E-state index in [4.69, 9.17) is 23.2 Å². The predicted molar refractivity (Wildman–Crippen MR) is 94.0 cm³/mol. The third-order valence-electron chi connectivity index (χ3n) is 4.19. The Morgan fingerprint density at radius 3 is 2.39 bits per heavy atom. The van der Waals surface area contributed by atoms with Crippen molar-refractivity contribution >= 4 is 40.7 Å². The second-order valence-electron chi connectivity index (χ2n) is 5.96. The minimum absolute atomic E-state index is 0.0545. The van der Waals surface area contributed by atoms with Crippen LogP contribution in [0.5, 0.6) is 0 Å². The first-order valence-corrected chi connectivity index (χ1v) is 8.75. The lowest BCUT2D eigenvalue weighted by Crippen LogP contribution is -2.43. The molecule has 0 radical (unpaired) electrons. The molecule has 1 N–H and O–H groups in total. The number of carbonyl (C=O) groups is 2. The second kappa shape index (κ2) is 8.55. The fourth-order valence-corrected chi connectivity index (χ4v) is 3.46. The molecule has 2 amide bonds. The van der Waals surface area contributed by atoms with Crippen LogP contribution in [0.4, 0.5) is 5.69 Å². The van der Waals surface area contributed by atoms with Crippen molar-refractivity contribution in [2.75, 3.05) is 11.9 Å². The van der Waals surface area contributed by atoms with E-state index in [1.807, 2.05) is 0 Å². The summed E-state index contributed by atoms with van der Waals surface area (Å²) in [6.45, 7) is 1.58. The van der Waals surface area contributed by atoms with E-state index in [-0.39, 0.29) is 24.4 Å². The molecule has 4 nitrogen and oxygen atoms in total. The van der Waals surface area contributed by atoms with Crippen LogP contribution in [0.1, 0.15) is 45.4 Å². The Balaban J connectivity index is 2.01. The van der Waals surface area contributed by atoms with E-state index in [1.54, 1.807) is 23.1 Å². The molecule has 0 saturated heterocycles. The molecule has 2 rings (SSSR count). The minimum Gasteiger partial charge on any atom is -0.331 e. The Morgan fingerprint density at radius 1 is 1.17 bits per heavy atom. The summed E-state index contributed by atoms with van der Waals surface area (Å²) in [6, 6.07) is 5.05. The van der Waals surface area contributed by atoms with Gasteiger partial charge in [-0.25, -0.2) is 0 Å². The van der Waals surface area contributed by atoms with Crippen molar-refractivity contribution in [3.63, 3.8) is 0 Å². The van der Waals surface area contributed by atoms with Gasteiger partial charge >= 0.3 is 0 Å². The van der Waals surface area contributed by atoms with Crippen LogP contribution in [-0.4, -0.2) is 29.3 Å². The number of amides is 2. The molecule has 0 spiro atoms. The lowest BCUT2D eigenvalue weighted by molar-refractivity contribution is -0.135. The van der Waals surface area contributed by atoms with Gasteiger partial charge < -0.3 is 10.2 Å². The van der Waals surface area contributed by atoms with Gasteiger partial charge in [-0.1, -0.05) is 48.9 Å². The number of hydrogen-bond donors (Lipinski definition) is 1. The maximum absolute atomic E-state index is 12.3. The summed E-state index contributed by atoms with van der Waals surface area (Å²) >= 11 is 11.9. The minimum atomic E-state index is -0.242. The SMILES string of the molecule is CC(=O)N(CC(=O)Nc1ccc(Cl)cc1Cl)C1CCCCCC1. The third-order valence-corrected chi connectivity index (χ3v) is 4.74. The van der Waals surface area contributed by atoms with Crippen LogP contribution in [0.25, 0.3) is 0 Å². The van der Waals surface area contributed by atoms with E-state index in [2.05, 4.69) is 5.32 Å². The van der Waals surface area contributed by atoms with Crippen molar-refractivity contribution in [2.45, 2.75) is 51.5 Å². The lowest BCUT2D eigenvalue weighted by Gasteiger charge is -2.29. The lowest BCUT2D eigenvalue weighted by atomic mass is 10.1. The molecule has 1 aromatic carbocycles. The maximum Gasteiger partial charge on any atom is 0.244 e. The number of halogens is 2. The number of benzene rings is 1. The highest BCUT2D eigenvalue weighted by Gasteiger charge is 2.24. The van der Waals surface area contributed by atoms with Gasteiger partial charge in [-0.05, 0) is 31.0 Å². The Bertz CT molecular complexity index is 570. The molecule has 6 heteroatoms. The van der Waals surface area contributed by atoms with Gasteiger partial charge in [-0.15, -0.1) is 0 Å². The summed E-state index contributed by atoms with van der Waals surface area (Å²) in [5, 5.41) is 3.65. The Kier molecular flexibility index (Phi) is 6.72. The molecule has 126 valence electrons. The summed E-state index contributed by atoms with van der Waals surface area (Å²) < 4.78 is 0. The number of hydrogen-bond acceptors (Lipinski definition) is 2. The van der Waals surface area contributed by atoms with Crippen molar-refractivity contribution in [1.29, 1.82) is 0 Å². The largest absolute Gasteiger partial charge is 0.331 e. The van der Waals surface area contributed by atoms with Gasteiger partial charge in [0.05, 0.1) is 10.7 Å². The third kappa shape index (κ3) is 5.40. The number of anilines is 1. The van der Waals surface area contributed by atoms with Crippen LogP contribution in [0.2, 0.25) is 10.0 Å². The van der Waals surface area contributed by atoms with Crippen LogP contribution >= 0.6 is 23.2 Å². The molecule has 0 bridgehead atoms. The average Bonchev–Trinajstić information content (AvgIpc) is 2.76. The highest BCUT2D eigenvalue weighted by atomic mass is 35.5. The fourth-order valence-electron chi connectivity index (χ4n) is 3.00. The number of nitrogens with zero attached hydrogens (tertiary/aromatic N) is 1. The highest BCUT2D eigenvalue weighted by Crippen LogP contribution is 2.26. The number of carbonyl (C=O) groups excluding carboxylic acids is 2. The van der Waals surface area contributed by atoms with Crippen LogP contribution in [0.3, 0.4) is 0 Å². The van der Waals surface area contributed by atoms with Gasteiger partial charge in [0, 0.05) is 18.0 Å². The zero-order valence-corrected chi connectivity index (χ0v) is 14.8. The van der Waals surface area contributed by atoms with E-state index in [9.17, 15) is 9.59 Å². The van der Waals surface area contributed by atoms with Crippen molar-refractivity contribution in [3.05, 3.63) is 28.2 Å². The Morgan fingerprint density at radius 2 is 1.83 bits per heavy atom. The molecule has 0 aromatic heterocycles. The first-order chi connectivity index (χ1) is 11.0. The zero-order chi connectivity index (χ0) is 16.8. The van der Waals surface area contributed by atoms with Gasteiger partial charge in [-0.3, -0.25) is 9.59 Å². The van der Waals surface area contributed by atoms with Crippen molar-refractivity contribution in [1.82, 2.24) is 4.90 Å². The Labute approximate surface area is 147 Å². The molecule has 1 aliphatic rings. The molecule has 23 heavy (non-hydrogen) atoms. The predicted octanol–water partition coefficient (Wildman–Crippen LogP) is 4.50. The zero-order valence-electron chi connectivity index (χ0n) is 13.3. The smallest absolute Gasteiger partial charge is 0.244 e. The van der Waals surface area contributed by atoms with E-state index >= 15 is 0 Å². The Hall–Kier alpha value is -1.26. The average molecular weight is 357 g/mol. The topological polar surface area (TPSA) is 49.4 Å². The van der Waals surface area contributed by atoms with Crippen molar-refractivity contribution < 1.29 is 9.59 Å². The van der Waals surface area contributed by atoms with Crippen molar-refractivity contribution in [2.24, 2.45) is 0 Å². The van der Waals surface area contributed by atoms with Crippen LogP contribution in [0.15, 0.2) is 18.2 Å². The van der Waals surface area contributed by atoms with E-state index in [0.717, 1.165) is 25.7 Å².